The summed E-state index contributed by atoms with van der Waals surface area (Å²) in [4.78, 5) is 12.3. The minimum atomic E-state index is -0.992. The van der Waals surface area contributed by atoms with Crippen LogP contribution >= 0.6 is 0 Å². The first kappa shape index (κ1) is 13.7. The summed E-state index contributed by atoms with van der Waals surface area (Å²) in [6.45, 7) is 0. The van der Waals surface area contributed by atoms with Crippen LogP contribution in [-0.4, -0.2) is 5.91 Å². The van der Waals surface area contributed by atoms with E-state index in [0.29, 0.717) is 5.56 Å². The smallest absolute Gasteiger partial charge is 0.255 e. The molecule has 0 heterocycles. The highest BCUT2D eigenvalue weighted by molar-refractivity contribution is 6.05. The van der Waals surface area contributed by atoms with Gasteiger partial charge in [0.2, 0.25) is 0 Å². The summed E-state index contributed by atoms with van der Waals surface area (Å²) in [6.07, 6.45) is 1.56. The van der Waals surface area contributed by atoms with Crippen molar-refractivity contribution in [2.45, 2.75) is 18.9 Å². The normalized spacial score (nSPS) is 16.6. The van der Waals surface area contributed by atoms with E-state index in [1.807, 2.05) is 6.07 Å². The fraction of sp³-hybridized carbons (Fsp3) is 0.188. The summed E-state index contributed by atoms with van der Waals surface area (Å²) < 4.78 is 26.0. The summed E-state index contributed by atoms with van der Waals surface area (Å²) >= 11 is 0. The van der Waals surface area contributed by atoms with Crippen molar-refractivity contribution in [3.63, 3.8) is 0 Å². The van der Waals surface area contributed by atoms with E-state index in [4.69, 9.17) is 5.73 Å². The van der Waals surface area contributed by atoms with Crippen LogP contribution in [-0.2, 0) is 6.42 Å². The van der Waals surface area contributed by atoms with E-state index in [9.17, 15) is 13.6 Å². The maximum absolute atomic E-state index is 13.2. The summed E-state index contributed by atoms with van der Waals surface area (Å²) in [6, 6.07) is 8.64. The number of carbonyl (C=O) groups excluding carboxylic acids is 1. The average Bonchev–Trinajstić information content (AvgIpc) is 2.85. The lowest BCUT2D eigenvalue weighted by atomic mass is 10.0. The Labute approximate surface area is 120 Å². The third-order valence-corrected chi connectivity index (χ3v) is 3.74. The van der Waals surface area contributed by atoms with Gasteiger partial charge < -0.3 is 11.1 Å². The monoisotopic (exact) mass is 288 g/mol. The average molecular weight is 288 g/mol. The highest BCUT2D eigenvalue weighted by atomic mass is 19.2. The second-order valence-corrected chi connectivity index (χ2v) is 5.10. The molecule has 21 heavy (non-hydrogen) atoms. The minimum absolute atomic E-state index is 0.0454. The van der Waals surface area contributed by atoms with Gasteiger partial charge >= 0.3 is 0 Å². The summed E-state index contributed by atoms with van der Waals surface area (Å²) in [5.74, 6) is -2.28. The molecule has 1 aliphatic rings. The number of hydrogen-bond donors (Lipinski definition) is 2. The fourth-order valence-electron chi connectivity index (χ4n) is 2.67. The number of carbonyl (C=O) groups is 1. The number of rotatable bonds is 2. The third kappa shape index (κ3) is 2.52. The maximum atomic E-state index is 13.2. The third-order valence-electron chi connectivity index (χ3n) is 3.74. The van der Waals surface area contributed by atoms with Crippen LogP contribution in [0.4, 0.5) is 14.5 Å². The first-order chi connectivity index (χ1) is 10.1. The Balaban J connectivity index is 1.88. The second kappa shape index (κ2) is 5.26. The molecule has 3 nitrogen and oxygen atoms in total. The molecular formula is C16H14F2N2O. The predicted octanol–water partition coefficient (Wildman–Crippen LogP) is 3.16. The lowest BCUT2D eigenvalue weighted by Gasteiger charge is -2.10. The predicted molar refractivity (Wildman–Crippen MR) is 76.0 cm³/mol. The van der Waals surface area contributed by atoms with E-state index in [0.717, 1.165) is 36.1 Å². The molecule has 1 amide bonds. The Morgan fingerprint density at radius 1 is 1.19 bits per heavy atom. The molecule has 108 valence electrons. The SMILES string of the molecule is N[C@H]1CCc2c(C(=O)Nc3ccc(F)c(F)c3)cccc21. The quantitative estimate of drug-likeness (QED) is 0.892. The van der Waals surface area contributed by atoms with Crippen molar-refractivity contribution in [2.24, 2.45) is 5.73 Å². The van der Waals surface area contributed by atoms with Gasteiger partial charge in [0.25, 0.3) is 5.91 Å². The largest absolute Gasteiger partial charge is 0.324 e. The van der Waals surface area contributed by atoms with Crippen molar-refractivity contribution in [3.8, 4) is 0 Å². The van der Waals surface area contributed by atoms with E-state index in [-0.39, 0.29) is 17.6 Å². The van der Waals surface area contributed by atoms with Gasteiger partial charge in [-0.05, 0) is 42.2 Å². The van der Waals surface area contributed by atoms with Gasteiger partial charge in [0.05, 0.1) is 0 Å². The van der Waals surface area contributed by atoms with Crippen molar-refractivity contribution in [1.82, 2.24) is 0 Å². The molecule has 5 heteroatoms. The number of amides is 1. The lowest BCUT2D eigenvalue weighted by molar-refractivity contribution is 0.102. The van der Waals surface area contributed by atoms with Gasteiger partial charge in [0, 0.05) is 23.4 Å². The number of anilines is 1. The van der Waals surface area contributed by atoms with Gasteiger partial charge in [-0.1, -0.05) is 12.1 Å². The van der Waals surface area contributed by atoms with E-state index in [2.05, 4.69) is 5.32 Å². The molecule has 0 fully saturated rings. The number of benzene rings is 2. The van der Waals surface area contributed by atoms with Gasteiger partial charge in [0.1, 0.15) is 0 Å². The molecule has 0 aliphatic heterocycles. The highest BCUT2D eigenvalue weighted by Gasteiger charge is 2.24. The number of fused-ring (bicyclic) bond motifs is 1. The fourth-order valence-corrected chi connectivity index (χ4v) is 2.67. The Hall–Kier alpha value is -2.27. The molecule has 3 rings (SSSR count). The molecule has 0 unspecified atom stereocenters. The number of halogens is 2. The van der Waals surface area contributed by atoms with Crippen molar-refractivity contribution in [2.75, 3.05) is 5.32 Å². The van der Waals surface area contributed by atoms with Crippen molar-refractivity contribution in [1.29, 1.82) is 0 Å². The van der Waals surface area contributed by atoms with Gasteiger partial charge in [-0.3, -0.25) is 4.79 Å². The van der Waals surface area contributed by atoms with Crippen LogP contribution < -0.4 is 11.1 Å². The van der Waals surface area contributed by atoms with Crippen LogP contribution in [0.2, 0.25) is 0 Å². The Bertz CT molecular complexity index is 715. The Morgan fingerprint density at radius 2 is 2.00 bits per heavy atom. The zero-order valence-corrected chi connectivity index (χ0v) is 11.2. The Morgan fingerprint density at radius 3 is 2.76 bits per heavy atom. The molecule has 2 aromatic carbocycles. The summed E-state index contributed by atoms with van der Waals surface area (Å²) in [7, 11) is 0. The van der Waals surface area contributed by atoms with Crippen molar-refractivity contribution < 1.29 is 13.6 Å². The molecule has 0 bridgehead atoms. The number of hydrogen-bond acceptors (Lipinski definition) is 2. The van der Waals surface area contributed by atoms with E-state index >= 15 is 0 Å². The van der Waals surface area contributed by atoms with Gasteiger partial charge in [0.15, 0.2) is 11.6 Å². The zero-order chi connectivity index (χ0) is 15.0. The number of nitrogens with two attached hydrogens (primary N) is 1. The second-order valence-electron chi connectivity index (χ2n) is 5.10. The summed E-state index contributed by atoms with van der Waals surface area (Å²) in [5.41, 5.74) is 8.65. The zero-order valence-electron chi connectivity index (χ0n) is 11.2. The molecule has 1 aliphatic carbocycles. The molecule has 3 N–H and O–H groups in total. The molecule has 0 saturated carbocycles. The highest BCUT2D eigenvalue weighted by Crippen LogP contribution is 2.31. The van der Waals surface area contributed by atoms with Gasteiger partial charge in [-0.15, -0.1) is 0 Å². The van der Waals surface area contributed by atoms with Crippen LogP contribution in [0.25, 0.3) is 0 Å². The minimum Gasteiger partial charge on any atom is -0.324 e. The maximum Gasteiger partial charge on any atom is 0.255 e. The van der Waals surface area contributed by atoms with Crippen LogP contribution in [0.15, 0.2) is 36.4 Å². The topological polar surface area (TPSA) is 55.1 Å². The van der Waals surface area contributed by atoms with Crippen LogP contribution in [0.5, 0.6) is 0 Å². The lowest BCUT2D eigenvalue weighted by Crippen LogP contribution is -2.15. The molecule has 0 radical (unpaired) electrons. The first-order valence-electron chi connectivity index (χ1n) is 6.70. The first-order valence-corrected chi connectivity index (χ1v) is 6.70. The number of nitrogens with one attached hydrogen (secondary N) is 1. The van der Waals surface area contributed by atoms with Crippen molar-refractivity contribution in [3.05, 3.63) is 64.7 Å². The standard InChI is InChI=1S/C16H14F2N2O/c17-13-6-4-9(8-14(13)18)20-16(21)12-3-1-2-11-10(12)5-7-15(11)19/h1-4,6,8,15H,5,7,19H2,(H,20,21)/t15-/m0/s1. The van der Waals surface area contributed by atoms with Gasteiger partial charge in [-0.2, -0.15) is 0 Å². The van der Waals surface area contributed by atoms with E-state index in [1.165, 1.54) is 6.07 Å². The molecule has 0 saturated heterocycles. The van der Waals surface area contributed by atoms with Crippen LogP contribution in [0.1, 0.15) is 33.9 Å². The molecule has 1 atom stereocenters. The van der Waals surface area contributed by atoms with Crippen LogP contribution in [0.3, 0.4) is 0 Å². The van der Waals surface area contributed by atoms with Crippen LogP contribution in [0, 0.1) is 11.6 Å². The molecular weight excluding hydrogens is 274 g/mol. The van der Waals surface area contributed by atoms with E-state index in [1.54, 1.807) is 12.1 Å². The molecule has 0 aromatic heterocycles. The molecule has 0 spiro atoms. The Kier molecular flexibility index (Phi) is 3.43. The summed E-state index contributed by atoms with van der Waals surface area (Å²) in [5, 5.41) is 2.58. The van der Waals surface area contributed by atoms with Crippen molar-refractivity contribution >= 4 is 11.6 Å². The van der Waals surface area contributed by atoms with Gasteiger partial charge in [-0.25, -0.2) is 8.78 Å². The van der Waals surface area contributed by atoms with E-state index < -0.39 is 11.6 Å². The molecule has 2 aromatic rings.